The second-order valence-electron chi connectivity index (χ2n) is 4.05. The van der Waals surface area contributed by atoms with Gasteiger partial charge in [0.25, 0.3) is 0 Å². The lowest BCUT2D eigenvalue weighted by Gasteiger charge is -2.08. The van der Waals surface area contributed by atoms with Crippen LogP contribution in [0.2, 0.25) is 0 Å². The molecule has 1 aromatic rings. The molecule has 1 aromatic heterocycles. The molecule has 5 heteroatoms. The van der Waals surface area contributed by atoms with Crippen molar-refractivity contribution in [2.75, 3.05) is 6.61 Å². The molecule has 0 fully saturated rings. The van der Waals surface area contributed by atoms with Crippen molar-refractivity contribution in [3.63, 3.8) is 0 Å². The summed E-state index contributed by atoms with van der Waals surface area (Å²) in [4.78, 5) is 11.7. The van der Waals surface area contributed by atoms with Gasteiger partial charge in [0.05, 0.1) is 23.0 Å². The van der Waals surface area contributed by atoms with Crippen LogP contribution in [0.15, 0.2) is 46.7 Å². The highest BCUT2D eigenvalue weighted by molar-refractivity contribution is 9.10. The second-order valence-corrected chi connectivity index (χ2v) is 4.96. The summed E-state index contributed by atoms with van der Waals surface area (Å²) in [5, 5.41) is 4.22. The standard InChI is InChI=1S/C14H15BrN2O2/c1-2-19-14(18)11-5-3-4-6-13(8-7-11)17-10-12(15)9-16-17/h4,6-10H,2-3,5H2,1H3/b6-4-,11-7+,13-8+. The van der Waals surface area contributed by atoms with Crippen LogP contribution >= 0.6 is 15.9 Å². The Morgan fingerprint density at radius 3 is 3.05 bits per heavy atom. The Hall–Kier alpha value is -1.62. The molecule has 0 aromatic carbocycles. The average molecular weight is 323 g/mol. The topological polar surface area (TPSA) is 44.1 Å². The fourth-order valence-corrected chi connectivity index (χ4v) is 2.04. The summed E-state index contributed by atoms with van der Waals surface area (Å²) in [5.74, 6) is -0.241. The summed E-state index contributed by atoms with van der Waals surface area (Å²) < 4.78 is 7.70. The largest absolute Gasteiger partial charge is 0.463 e. The third kappa shape index (κ3) is 3.67. The van der Waals surface area contributed by atoms with Crippen LogP contribution in [0.1, 0.15) is 19.8 Å². The Kier molecular flexibility index (Phi) is 4.74. The number of hydrogen-bond acceptors (Lipinski definition) is 3. The molecule has 1 heterocycles. The third-order valence-corrected chi connectivity index (χ3v) is 3.09. The first-order valence-corrected chi connectivity index (χ1v) is 6.95. The first-order chi connectivity index (χ1) is 9.20. The minimum Gasteiger partial charge on any atom is -0.463 e. The molecule has 0 amide bonds. The van der Waals surface area contributed by atoms with Crippen molar-refractivity contribution in [1.29, 1.82) is 0 Å². The van der Waals surface area contributed by atoms with E-state index in [9.17, 15) is 4.79 Å². The van der Waals surface area contributed by atoms with Crippen LogP contribution in [0.4, 0.5) is 0 Å². The van der Waals surface area contributed by atoms with Crippen LogP contribution in [0, 0.1) is 0 Å². The van der Waals surface area contributed by atoms with Crippen molar-refractivity contribution in [3.05, 3.63) is 46.7 Å². The predicted molar refractivity (Wildman–Crippen MR) is 77.3 cm³/mol. The van der Waals surface area contributed by atoms with E-state index >= 15 is 0 Å². The molecule has 1 aliphatic rings. The van der Waals surface area contributed by atoms with E-state index in [4.69, 9.17) is 4.74 Å². The molecule has 0 atom stereocenters. The van der Waals surface area contributed by atoms with Gasteiger partial charge in [0.2, 0.25) is 0 Å². The molecule has 0 unspecified atom stereocenters. The maximum absolute atomic E-state index is 11.7. The van der Waals surface area contributed by atoms with E-state index in [2.05, 4.69) is 21.0 Å². The second kappa shape index (κ2) is 6.52. The number of ether oxygens (including phenoxy) is 1. The van der Waals surface area contributed by atoms with E-state index in [0.29, 0.717) is 18.6 Å². The lowest BCUT2D eigenvalue weighted by Crippen LogP contribution is -2.08. The highest BCUT2D eigenvalue weighted by atomic mass is 79.9. The summed E-state index contributed by atoms with van der Waals surface area (Å²) in [7, 11) is 0. The van der Waals surface area contributed by atoms with Crippen molar-refractivity contribution in [3.8, 4) is 0 Å². The molecule has 4 nitrogen and oxygen atoms in total. The van der Waals surface area contributed by atoms with Gasteiger partial charge in [0, 0.05) is 11.8 Å². The monoisotopic (exact) mass is 322 g/mol. The Morgan fingerprint density at radius 2 is 2.37 bits per heavy atom. The zero-order chi connectivity index (χ0) is 13.7. The van der Waals surface area contributed by atoms with Gasteiger partial charge in [-0.15, -0.1) is 0 Å². The van der Waals surface area contributed by atoms with Crippen LogP contribution in [-0.2, 0) is 9.53 Å². The number of hydrogen-bond donors (Lipinski definition) is 0. The van der Waals surface area contributed by atoms with Gasteiger partial charge in [0.1, 0.15) is 0 Å². The summed E-state index contributed by atoms with van der Waals surface area (Å²) in [6.45, 7) is 2.21. The van der Waals surface area contributed by atoms with Gasteiger partial charge in [-0.25, -0.2) is 9.48 Å². The molecule has 0 spiro atoms. The quantitative estimate of drug-likeness (QED) is 0.802. The van der Waals surface area contributed by atoms with Crippen LogP contribution in [0.25, 0.3) is 5.70 Å². The van der Waals surface area contributed by atoms with E-state index in [-0.39, 0.29) is 5.97 Å². The van der Waals surface area contributed by atoms with Crippen LogP contribution in [0.5, 0.6) is 0 Å². The molecule has 0 radical (unpaired) electrons. The third-order valence-electron chi connectivity index (χ3n) is 2.68. The van der Waals surface area contributed by atoms with Gasteiger partial charge in [0.15, 0.2) is 0 Å². The SMILES string of the molecule is CCOC(=O)/C1=C/C=C(n2cc(Br)cn2)\C=C/CC1. The number of halogens is 1. The predicted octanol–water partition coefficient (Wildman–Crippen LogP) is 3.33. The van der Waals surface area contributed by atoms with E-state index in [1.165, 1.54) is 0 Å². The van der Waals surface area contributed by atoms with E-state index in [1.54, 1.807) is 10.9 Å². The zero-order valence-electron chi connectivity index (χ0n) is 10.7. The molecule has 0 aliphatic heterocycles. The van der Waals surface area contributed by atoms with Crippen LogP contribution in [-0.4, -0.2) is 22.4 Å². The number of carbonyl (C=O) groups excluding carboxylic acids is 1. The fraction of sp³-hybridized carbons (Fsp3) is 0.286. The van der Waals surface area contributed by atoms with Gasteiger partial charge in [-0.1, -0.05) is 6.08 Å². The number of nitrogens with zero attached hydrogens (tertiary/aromatic N) is 2. The van der Waals surface area contributed by atoms with E-state index in [1.807, 2.05) is 37.4 Å². The summed E-state index contributed by atoms with van der Waals surface area (Å²) >= 11 is 3.37. The first-order valence-electron chi connectivity index (χ1n) is 6.15. The van der Waals surface area contributed by atoms with Gasteiger partial charge >= 0.3 is 5.97 Å². The van der Waals surface area contributed by atoms with Gasteiger partial charge in [-0.2, -0.15) is 5.10 Å². The maximum atomic E-state index is 11.7. The van der Waals surface area contributed by atoms with E-state index < -0.39 is 0 Å². The molecule has 19 heavy (non-hydrogen) atoms. The van der Waals surface area contributed by atoms with Gasteiger partial charge < -0.3 is 4.74 Å². The Balaban J connectivity index is 2.26. The van der Waals surface area contributed by atoms with Crippen molar-refractivity contribution in [1.82, 2.24) is 9.78 Å². The Morgan fingerprint density at radius 1 is 1.53 bits per heavy atom. The summed E-state index contributed by atoms with van der Waals surface area (Å²) in [6.07, 6.45) is 12.8. The summed E-state index contributed by atoms with van der Waals surface area (Å²) in [5.41, 5.74) is 1.60. The van der Waals surface area contributed by atoms with Gasteiger partial charge in [-0.05, 0) is 53.9 Å². The van der Waals surface area contributed by atoms with Crippen molar-refractivity contribution in [2.45, 2.75) is 19.8 Å². The van der Waals surface area contributed by atoms with Crippen molar-refractivity contribution >= 4 is 27.6 Å². The van der Waals surface area contributed by atoms with Crippen molar-refractivity contribution < 1.29 is 9.53 Å². The number of allylic oxidation sites excluding steroid dienone is 5. The van der Waals surface area contributed by atoms with Gasteiger partial charge in [-0.3, -0.25) is 0 Å². The molecular weight excluding hydrogens is 308 g/mol. The Labute approximate surface area is 120 Å². The number of carbonyl (C=O) groups is 1. The normalized spacial score (nSPS) is 22.4. The number of aromatic nitrogens is 2. The van der Waals surface area contributed by atoms with Crippen LogP contribution in [0.3, 0.4) is 0 Å². The maximum Gasteiger partial charge on any atom is 0.333 e. The molecule has 0 saturated heterocycles. The highest BCUT2D eigenvalue weighted by Gasteiger charge is 2.10. The molecular formula is C14H15BrN2O2. The molecule has 0 N–H and O–H groups in total. The number of esters is 1. The first kappa shape index (κ1) is 13.8. The van der Waals surface area contributed by atoms with Crippen LogP contribution < -0.4 is 0 Å². The zero-order valence-corrected chi connectivity index (χ0v) is 12.3. The smallest absolute Gasteiger partial charge is 0.333 e. The minimum atomic E-state index is -0.241. The Bertz CT molecular complexity index is 556. The summed E-state index contributed by atoms with van der Waals surface area (Å²) in [6, 6.07) is 0. The van der Waals surface area contributed by atoms with Crippen molar-refractivity contribution in [2.24, 2.45) is 0 Å². The lowest BCUT2D eigenvalue weighted by atomic mass is 10.1. The molecule has 100 valence electrons. The molecule has 0 saturated carbocycles. The average Bonchev–Trinajstić information content (AvgIpc) is 2.76. The number of rotatable bonds is 3. The highest BCUT2D eigenvalue weighted by Crippen LogP contribution is 2.17. The van der Waals surface area contributed by atoms with E-state index in [0.717, 1.165) is 16.6 Å². The molecule has 2 rings (SSSR count). The molecule has 0 bridgehead atoms. The fourth-order valence-electron chi connectivity index (χ4n) is 1.76. The lowest BCUT2D eigenvalue weighted by molar-refractivity contribution is -0.138. The molecule has 1 aliphatic carbocycles. The minimum absolute atomic E-state index is 0.241.